The fourth-order valence-electron chi connectivity index (χ4n) is 12.2. The highest BCUT2D eigenvalue weighted by Crippen LogP contribution is 2.52. The lowest BCUT2D eigenvalue weighted by Crippen LogP contribution is -2.61. The summed E-state index contributed by atoms with van der Waals surface area (Å²) in [6, 6.07) is 66.6. The predicted molar refractivity (Wildman–Crippen MR) is 310 cm³/mol. The van der Waals surface area contributed by atoms with Crippen LogP contribution in [0.4, 0.5) is 34.1 Å². The number of allylic oxidation sites excluding steroid dienone is 3. The Morgan fingerprint density at radius 3 is 2.07 bits per heavy atom. The van der Waals surface area contributed by atoms with E-state index in [0.717, 1.165) is 34.2 Å². The Morgan fingerprint density at radius 2 is 1.22 bits per heavy atom. The number of fused-ring (bicyclic) bond motifs is 11. The molecular weight excluding hydrogens is 928 g/mol. The number of hydrogen-bond donors (Lipinski definition) is 0. The number of hydrogen-bond acceptors (Lipinski definition) is 6. The molecule has 350 valence electrons. The molecule has 2 atom stereocenters. The van der Waals surface area contributed by atoms with Crippen LogP contribution in [0.15, 0.2) is 205 Å². The number of aryl methyl sites for hydroxylation is 1. The molecule has 0 spiro atoms. The lowest BCUT2D eigenvalue weighted by atomic mass is 9.33. The molecule has 9 aromatic carbocycles. The van der Waals surface area contributed by atoms with Crippen molar-refractivity contribution in [2.75, 3.05) is 16.6 Å². The quantitative estimate of drug-likeness (QED) is 0.160. The molecule has 0 saturated heterocycles. The summed E-state index contributed by atoms with van der Waals surface area (Å²) < 4.78 is 15.1. The Hall–Kier alpha value is -7.71. The number of benzene rings is 9. The Morgan fingerprint density at radius 1 is 0.534 bits per heavy atom. The molecule has 15 rings (SSSR count). The molecule has 0 N–H and O–H groups in total. The van der Waals surface area contributed by atoms with Crippen LogP contribution >= 0.6 is 23.1 Å². The zero-order valence-corrected chi connectivity index (χ0v) is 42.7. The number of thioether (sulfide) groups is 1. The van der Waals surface area contributed by atoms with Crippen molar-refractivity contribution in [3.8, 4) is 44.9 Å². The van der Waals surface area contributed by atoms with E-state index < -0.39 is 0 Å². The molecule has 0 bridgehead atoms. The molecule has 73 heavy (non-hydrogen) atoms. The van der Waals surface area contributed by atoms with Crippen LogP contribution < -0.4 is 35.7 Å². The molecule has 0 saturated carbocycles. The number of ether oxygens (including phenoxy) is 2. The normalized spacial score (nSPS) is 16.7. The van der Waals surface area contributed by atoms with Crippen LogP contribution in [0, 0.1) is 6.92 Å². The second-order valence-electron chi connectivity index (χ2n) is 21.2. The molecule has 2 unspecified atom stereocenters. The van der Waals surface area contributed by atoms with Gasteiger partial charge in [-0.25, -0.2) is 0 Å². The molecule has 7 heteroatoms. The van der Waals surface area contributed by atoms with Crippen molar-refractivity contribution in [1.82, 2.24) is 0 Å². The third-order valence-corrected chi connectivity index (χ3v) is 18.2. The number of anilines is 6. The minimum absolute atomic E-state index is 0.0480. The van der Waals surface area contributed by atoms with Gasteiger partial charge in [0.15, 0.2) is 11.5 Å². The maximum absolute atomic E-state index is 6.28. The smallest absolute Gasteiger partial charge is 0.252 e. The van der Waals surface area contributed by atoms with E-state index in [1.54, 1.807) is 0 Å². The van der Waals surface area contributed by atoms with E-state index in [9.17, 15) is 0 Å². The van der Waals surface area contributed by atoms with Crippen molar-refractivity contribution in [3.63, 3.8) is 0 Å². The Labute approximate surface area is 434 Å². The molecule has 4 nitrogen and oxygen atoms in total. The summed E-state index contributed by atoms with van der Waals surface area (Å²) in [7, 11) is 0. The zero-order valence-electron chi connectivity index (χ0n) is 41.0. The SMILES string of the molecule is Cc1cc2c3c(c1)N(c1ccc(C(C)(C)C)cc1-c1ccccc1)c1cc4c(cc1B3c1cc(-c3ccc5c(c3)sc3ccccc35)ccc1N2c1ccc(-c2ccc3c(c2)SC2C=CC=CC32)cc1)OCO4. The first-order valence-corrected chi connectivity index (χ1v) is 27.1. The predicted octanol–water partition coefficient (Wildman–Crippen LogP) is 16.2. The molecule has 1 aromatic heterocycles. The van der Waals surface area contributed by atoms with Gasteiger partial charge in [-0.1, -0.05) is 148 Å². The average Bonchev–Trinajstić information content (AvgIpc) is 4.15. The van der Waals surface area contributed by atoms with Gasteiger partial charge in [0.25, 0.3) is 6.71 Å². The molecule has 0 amide bonds. The largest absolute Gasteiger partial charge is 0.454 e. The van der Waals surface area contributed by atoms with E-state index in [0.29, 0.717) is 11.2 Å². The van der Waals surface area contributed by atoms with Crippen LogP contribution in [0.5, 0.6) is 11.5 Å². The molecule has 1 aliphatic carbocycles. The maximum Gasteiger partial charge on any atom is 0.252 e. The first kappa shape index (κ1) is 42.9. The van der Waals surface area contributed by atoms with Crippen molar-refractivity contribution in [1.29, 1.82) is 0 Å². The van der Waals surface area contributed by atoms with Crippen molar-refractivity contribution in [2.24, 2.45) is 0 Å². The standard InChI is InChI=1S/C66H49BN2O2S2/c1-39-30-57-65-58(31-39)69(54-29-23-45(66(2,3)4)35-51(54)41-12-6-5-7-13-41)56-37-60-59(70-38-71-60)36-53(56)67(65)52-32-42(44-21-27-50-48-15-9-11-17-62(48)73-64(50)34-44)22-28-55(52)68(57)46-24-18-40(19-25-46)43-20-26-49-47-14-8-10-16-61(47)72-63(49)33-43/h5-37,47,61H,38H2,1-4H3. The second kappa shape index (κ2) is 16.1. The molecule has 10 aromatic rings. The van der Waals surface area contributed by atoms with Gasteiger partial charge < -0.3 is 19.3 Å². The first-order chi connectivity index (χ1) is 35.7. The van der Waals surface area contributed by atoms with Gasteiger partial charge in [-0.2, -0.15) is 0 Å². The van der Waals surface area contributed by atoms with Gasteiger partial charge in [0.1, 0.15) is 0 Å². The molecule has 5 aliphatic rings. The minimum Gasteiger partial charge on any atom is -0.454 e. The van der Waals surface area contributed by atoms with Gasteiger partial charge >= 0.3 is 0 Å². The van der Waals surface area contributed by atoms with E-state index in [1.165, 1.54) is 103 Å². The van der Waals surface area contributed by atoms with Gasteiger partial charge in [0.05, 0.1) is 5.69 Å². The topological polar surface area (TPSA) is 24.9 Å². The van der Waals surface area contributed by atoms with Crippen LogP contribution in [0.25, 0.3) is 53.6 Å². The Bertz CT molecular complexity index is 4020. The summed E-state index contributed by atoms with van der Waals surface area (Å²) >= 11 is 3.86. The van der Waals surface area contributed by atoms with E-state index in [1.807, 2.05) is 23.1 Å². The first-order valence-electron chi connectivity index (χ1n) is 25.4. The zero-order chi connectivity index (χ0) is 48.7. The van der Waals surface area contributed by atoms with Crippen LogP contribution in [0.1, 0.15) is 43.4 Å². The van der Waals surface area contributed by atoms with Crippen molar-refractivity contribution in [3.05, 3.63) is 217 Å². The van der Waals surface area contributed by atoms with Crippen LogP contribution in [0.3, 0.4) is 0 Å². The van der Waals surface area contributed by atoms with Crippen molar-refractivity contribution in [2.45, 2.75) is 49.2 Å². The average molecular weight is 977 g/mol. The fourth-order valence-corrected chi connectivity index (χ4v) is 14.7. The molecule has 4 aliphatic heterocycles. The highest BCUT2D eigenvalue weighted by atomic mass is 32.2. The van der Waals surface area contributed by atoms with Gasteiger partial charge in [-0.15, -0.1) is 23.1 Å². The van der Waals surface area contributed by atoms with E-state index in [-0.39, 0.29) is 18.9 Å². The molecule has 0 radical (unpaired) electrons. The highest BCUT2D eigenvalue weighted by molar-refractivity contribution is 8.00. The number of thiophene rings is 1. The molecular formula is C66H49BN2O2S2. The van der Waals surface area contributed by atoms with Gasteiger partial charge in [-0.3, -0.25) is 0 Å². The third kappa shape index (κ3) is 6.75. The number of nitrogens with zero attached hydrogens (tertiary/aromatic N) is 2. The summed E-state index contributed by atoms with van der Waals surface area (Å²) in [4.78, 5) is 6.43. The monoisotopic (exact) mass is 976 g/mol. The van der Waals surface area contributed by atoms with Crippen LogP contribution in [0.2, 0.25) is 0 Å². The van der Waals surface area contributed by atoms with E-state index >= 15 is 0 Å². The molecule has 5 heterocycles. The second-order valence-corrected chi connectivity index (χ2v) is 23.5. The highest BCUT2D eigenvalue weighted by Gasteiger charge is 2.45. The van der Waals surface area contributed by atoms with E-state index in [4.69, 9.17) is 9.47 Å². The van der Waals surface area contributed by atoms with Crippen LogP contribution in [-0.4, -0.2) is 18.8 Å². The van der Waals surface area contributed by atoms with Gasteiger partial charge in [-0.05, 0) is 140 Å². The van der Waals surface area contributed by atoms with Crippen molar-refractivity contribution >= 4 is 100 Å². The summed E-state index contributed by atoms with van der Waals surface area (Å²) in [5.41, 5.74) is 21.6. The number of rotatable bonds is 5. The fraction of sp³-hybridized carbons (Fsp3) is 0.121. The molecule has 0 fully saturated rings. The lowest BCUT2D eigenvalue weighted by molar-refractivity contribution is 0.174. The summed E-state index contributed by atoms with van der Waals surface area (Å²) in [5.74, 6) is 2.00. The van der Waals surface area contributed by atoms with Crippen molar-refractivity contribution < 1.29 is 9.47 Å². The van der Waals surface area contributed by atoms with Crippen LogP contribution in [-0.2, 0) is 5.41 Å². The van der Waals surface area contributed by atoms with E-state index in [2.05, 4.69) is 238 Å². The lowest BCUT2D eigenvalue weighted by Gasteiger charge is -2.45. The Balaban J connectivity index is 0.951. The van der Waals surface area contributed by atoms with Gasteiger partial charge in [0.2, 0.25) is 6.79 Å². The third-order valence-electron chi connectivity index (χ3n) is 15.8. The summed E-state index contributed by atoms with van der Waals surface area (Å²) in [6.07, 6.45) is 9.09. The maximum atomic E-state index is 6.28. The van der Waals surface area contributed by atoms with Gasteiger partial charge in [0, 0.05) is 76.3 Å². The summed E-state index contributed by atoms with van der Waals surface area (Å²) in [6.45, 7) is 9.23. The Kier molecular flexibility index (Phi) is 9.50. The summed E-state index contributed by atoms with van der Waals surface area (Å²) in [5, 5.41) is 3.09. The minimum atomic E-state index is -0.115.